The number of aryl methyl sites for hydroxylation is 2. The summed E-state index contributed by atoms with van der Waals surface area (Å²) in [6.07, 6.45) is 3.97. The molecule has 0 saturated carbocycles. The first-order chi connectivity index (χ1) is 13.8. The molecule has 29 heavy (non-hydrogen) atoms. The Morgan fingerprint density at radius 3 is 2.34 bits per heavy atom. The molecule has 1 heterocycles. The van der Waals surface area contributed by atoms with Crippen LogP contribution in [0.4, 0.5) is 5.69 Å². The van der Waals surface area contributed by atoms with Crippen molar-refractivity contribution in [2.75, 3.05) is 17.8 Å². The molecule has 1 aliphatic rings. The number of likely N-dealkylation sites (tertiary alicyclic amines) is 1. The fourth-order valence-corrected chi connectivity index (χ4v) is 4.71. The lowest BCUT2D eigenvalue weighted by atomic mass is 10.0. The number of carbonyl (C=O) groups excluding carboxylic acids is 1. The van der Waals surface area contributed by atoms with Crippen molar-refractivity contribution in [3.05, 3.63) is 59.2 Å². The van der Waals surface area contributed by atoms with Gasteiger partial charge in [-0.2, -0.15) is 0 Å². The van der Waals surface area contributed by atoms with Gasteiger partial charge in [-0.15, -0.1) is 0 Å². The van der Waals surface area contributed by atoms with Crippen molar-refractivity contribution >= 4 is 21.6 Å². The van der Waals surface area contributed by atoms with Crippen LogP contribution in [0.15, 0.2) is 47.4 Å². The lowest BCUT2D eigenvalue weighted by Gasteiger charge is -2.20. The number of anilines is 1. The van der Waals surface area contributed by atoms with Crippen LogP contribution in [0.1, 0.15) is 54.6 Å². The molecule has 0 aliphatic carbocycles. The highest BCUT2D eigenvalue weighted by Gasteiger charge is 2.25. The van der Waals surface area contributed by atoms with E-state index in [-0.39, 0.29) is 10.8 Å². The Bertz CT molecular complexity index is 960. The Morgan fingerprint density at radius 2 is 1.72 bits per heavy atom. The quantitative estimate of drug-likeness (QED) is 0.719. The highest BCUT2D eigenvalue weighted by Crippen LogP contribution is 2.27. The Labute approximate surface area is 174 Å². The van der Waals surface area contributed by atoms with Gasteiger partial charge in [0.1, 0.15) is 0 Å². The molecule has 0 radical (unpaired) electrons. The van der Waals surface area contributed by atoms with Crippen molar-refractivity contribution < 1.29 is 13.2 Å². The van der Waals surface area contributed by atoms with Gasteiger partial charge in [0, 0.05) is 13.1 Å². The van der Waals surface area contributed by atoms with Gasteiger partial charge < -0.3 is 4.90 Å². The number of nitrogens with zero attached hydrogens (tertiary/aromatic N) is 1. The zero-order chi connectivity index (χ0) is 21.0. The zero-order valence-corrected chi connectivity index (χ0v) is 18.3. The van der Waals surface area contributed by atoms with Crippen LogP contribution in [-0.4, -0.2) is 32.3 Å². The standard InChI is InChI=1S/C23H30N2O3S/c1-17(2)9-10-19-11-13-20(14-12-19)29(27,28)24-22-18(3)7-6-8-21(22)23(26)25-15-4-5-16-25/h6-8,11-14,17,24H,4-5,9-10,15-16H2,1-3H3. The Hall–Kier alpha value is -2.34. The van der Waals surface area contributed by atoms with E-state index in [1.54, 1.807) is 29.2 Å². The van der Waals surface area contributed by atoms with Crippen LogP contribution in [-0.2, 0) is 16.4 Å². The largest absolute Gasteiger partial charge is 0.339 e. The Kier molecular flexibility index (Phi) is 6.63. The predicted molar refractivity (Wildman–Crippen MR) is 117 cm³/mol. The molecule has 2 aromatic carbocycles. The van der Waals surface area contributed by atoms with Crippen LogP contribution < -0.4 is 4.72 Å². The normalized spacial score (nSPS) is 14.4. The van der Waals surface area contributed by atoms with E-state index >= 15 is 0 Å². The van der Waals surface area contributed by atoms with Gasteiger partial charge in [0.05, 0.1) is 16.1 Å². The SMILES string of the molecule is Cc1cccc(C(=O)N2CCCC2)c1NS(=O)(=O)c1ccc(CCC(C)C)cc1. The fraction of sp³-hybridized carbons (Fsp3) is 0.435. The first-order valence-corrected chi connectivity index (χ1v) is 11.8. The molecule has 1 saturated heterocycles. The summed E-state index contributed by atoms with van der Waals surface area (Å²) in [7, 11) is -3.78. The van der Waals surface area contributed by atoms with Gasteiger partial charge in [-0.25, -0.2) is 8.42 Å². The average Bonchev–Trinajstić information content (AvgIpc) is 3.22. The third-order valence-electron chi connectivity index (χ3n) is 5.38. The average molecular weight is 415 g/mol. The topological polar surface area (TPSA) is 66.5 Å². The lowest BCUT2D eigenvalue weighted by Crippen LogP contribution is -2.29. The third kappa shape index (κ3) is 5.18. The first-order valence-electron chi connectivity index (χ1n) is 10.3. The second-order valence-corrected chi connectivity index (χ2v) is 9.86. The number of rotatable bonds is 7. The van der Waals surface area contributed by atoms with E-state index in [1.807, 2.05) is 25.1 Å². The molecular formula is C23H30N2O3S. The minimum atomic E-state index is -3.78. The maximum Gasteiger partial charge on any atom is 0.261 e. The van der Waals surface area contributed by atoms with Gasteiger partial charge in [-0.1, -0.05) is 38.1 Å². The van der Waals surface area contributed by atoms with E-state index in [9.17, 15) is 13.2 Å². The second-order valence-electron chi connectivity index (χ2n) is 8.18. The van der Waals surface area contributed by atoms with Crippen LogP contribution >= 0.6 is 0 Å². The number of hydrogen-bond acceptors (Lipinski definition) is 3. The third-order valence-corrected chi connectivity index (χ3v) is 6.74. The van der Waals surface area contributed by atoms with Gasteiger partial charge >= 0.3 is 0 Å². The van der Waals surface area contributed by atoms with E-state index in [2.05, 4.69) is 18.6 Å². The summed E-state index contributed by atoms with van der Waals surface area (Å²) in [6, 6.07) is 12.3. The molecular weight excluding hydrogens is 384 g/mol. The van der Waals surface area contributed by atoms with Crippen molar-refractivity contribution in [2.24, 2.45) is 5.92 Å². The number of para-hydroxylation sites is 1. The molecule has 0 aromatic heterocycles. The van der Waals surface area contributed by atoms with Crippen LogP contribution in [0.5, 0.6) is 0 Å². The molecule has 1 fully saturated rings. The van der Waals surface area contributed by atoms with E-state index in [0.29, 0.717) is 17.2 Å². The van der Waals surface area contributed by atoms with Crippen molar-refractivity contribution in [1.29, 1.82) is 0 Å². The van der Waals surface area contributed by atoms with Gasteiger partial charge in [0.15, 0.2) is 0 Å². The molecule has 5 nitrogen and oxygen atoms in total. The van der Waals surface area contributed by atoms with Crippen molar-refractivity contribution in [2.45, 2.75) is 51.3 Å². The van der Waals surface area contributed by atoms with E-state index in [0.717, 1.165) is 49.9 Å². The van der Waals surface area contributed by atoms with Gasteiger partial charge in [-0.3, -0.25) is 9.52 Å². The van der Waals surface area contributed by atoms with Crippen LogP contribution in [0, 0.1) is 12.8 Å². The highest BCUT2D eigenvalue weighted by atomic mass is 32.2. The van der Waals surface area contributed by atoms with Crippen molar-refractivity contribution in [3.8, 4) is 0 Å². The predicted octanol–water partition coefficient (Wildman–Crippen LogP) is 4.62. The molecule has 3 rings (SSSR count). The molecule has 6 heteroatoms. The number of benzene rings is 2. The smallest absolute Gasteiger partial charge is 0.261 e. The minimum Gasteiger partial charge on any atom is -0.339 e. The maximum atomic E-state index is 13.0. The number of amides is 1. The fourth-order valence-electron chi connectivity index (χ4n) is 3.56. The maximum absolute atomic E-state index is 13.0. The van der Waals surface area contributed by atoms with Crippen LogP contribution in [0.2, 0.25) is 0 Å². The molecule has 1 aliphatic heterocycles. The lowest BCUT2D eigenvalue weighted by molar-refractivity contribution is 0.0794. The Morgan fingerprint density at radius 1 is 1.07 bits per heavy atom. The molecule has 2 aromatic rings. The molecule has 1 N–H and O–H groups in total. The molecule has 1 amide bonds. The van der Waals surface area contributed by atoms with Gasteiger partial charge in [0.25, 0.3) is 15.9 Å². The molecule has 0 atom stereocenters. The Balaban J connectivity index is 1.84. The molecule has 0 bridgehead atoms. The summed E-state index contributed by atoms with van der Waals surface area (Å²) in [6.45, 7) is 7.60. The first kappa shape index (κ1) is 21.4. The zero-order valence-electron chi connectivity index (χ0n) is 17.4. The van der Waals surface area contributed by atoms with Gasteiger partial charge in [0.2, 0.25) is 0 Å². The van der Waals surface area contributed by atoms with Crippen LogP contribution in [0.25, 0.3) is 0 Å². The summed E-state index contributed by atoms with van der Waals surface area (Å²) in [5.74, 6) is 0.487. The summed E-state index contributed by atoms with van der Waals surface area (Å²) in [5.41, 5.74) is 2.63. The number of hydrogen-bond donors (Lipinski definition) is 1. The van der Waals surface area contributed by atoms with E-state index in [1.165, 1.54) is 0 Å². The van der Waals surface area contributed by atoms with Crippen LogP contribution in [0.3, 0.4) is 0 Å². The summed E-state index contributed by atoms with van der Waals surface area (Å²) in [5, 5.41) is 0. The second kappa shape index (κ2) is 8.99. The van der Waals surface area contributed by atoms with E-state index in [4.69, 9.17) is 0 Å². The van der Waals surface area contributed by atoms with Crippen molar-refractivity contribution in [3.63, 3.8) is 0 Å². The van der Waals surface area contributed by atoms with Crippen molar-refractivity contribution in [1.82, 2.24) is 4.90 Å². The number of nitrogens with one attached hydrogen (secondary N) is 1. The molecule has 0 spiro atoms. The number of carbonyl (C=O) groups is 1. The number of sulfonamides is 1. The summed E-state index contributed by atoms with van der Waals surface area (Å²) < 4.78 is 28.7. The monoisotopic (exact) mass is 414 g/mol. The minimum absolute atomic E-state index is 0.118. The highest BCUT2D eigenvalue weighted by molar-refractivity contribution is 7.92. The summed E-state index contributed by atoms with van der Waals surface area (Å²) >= 11 is 0. The molecule has 156 valence electrons. The summed E-state index contributed by atoms with van der Waals surface area (Å²) in [4.78, 5) is 14.9. The van der Waals surface area contributed by atoms with E-state index < -0.39 is 10.0 Å². The van der Waals surface area contributed by atoms with Gasteiger partial charge in [-0.05, 0) is 67.9 Å². The molecule has 0 unspecified atom stereocenters.